The molecule has 0 saturated carbocycles. The molecule has 0 aromatic carbocycles. The third kappa shape index (κ3) is 2.58. The average Bonchev–Trinajstić information content (AvgIpc) is 2.15. The summed E-state index contributed by atoms with van der Waals surface area (Å²) in [5.74, 6) is 0. The molecule has 14 heavy (non-hydrogen) atoms. The summed E-state index contributed by atoms with van der Waals surface area (Å²) in [5, 5.41) is 3.59. The number of nitrogens with zero attached hydrogens (tertiary/aromatic N) is 1. The lowest BCUT2D eigenvalue weighted by molar-refractivity contribution is 0.0747. The van der Waals surface area contributed by atoms with Gasteiger partial charge in [0.25, 0.3) is 0 Å². The number of piperazine rings is 1. The topological polar surface area (TPSA) is 15.3 Å². The van der Waals surface area contributed by atoms with Crippen LogP contribution in [0.25, 0.3) is 0 Å². The van der Waals surface area contributed by atoms with E-state index in [1.54, 1.807) is 0 Å². The van der Waals surface area contributed by atoms with Crippen LogP contribution in [0.15, 0.2) is 12.7 Å². The van der Waals surface area contributed by atoms with Crippen LogP contribution in [-0.2, 0) is 0 Å². The molecule has 0 aromatic rings. The van der Waals surface area contributed by atoms with E-state index in [4.69, 9.17) is 0 Å². The lowest BCUT2D eigenvalue weighted by Crippen LogP contribution is -2.63. The number of nitrogens with one attached hydrogen (secondary N) is 1. The van der Waals surface area contributed by atoms with Crippen molar-refractivity contribution in [2.75, 3.05) is 13.1 Å². The SMILES string of the molecule is C=CC(C)N1CC(C)(C)NCC1CC. The van der Waals surface area contributed by atoms with Crippen LogP contribution in [0.2, 0.25) is 0 Å². The molecule has 0 spiro atoms. The molecule has 2 nitrogen and oxygen atoms in total. The fourth-order valence-corrected chi connectivity index (χ4v) is 2.14. The minimum Gasteiger partial charge on any atom is -0.309 e. The Labute approximate surface area is 88.4 Å². The van der Waals surface area contributed by atoms with Crippen LogP contribution < -0.4 is 5.32 Å². The molecular formula is C12H24N2. The Balaban J connectivity index is 2.70. The summed E-state index contributed by atoms with van der Waals surface area (Å²) in [6.45, 7) is 15.1. The highest BCUT2D eigenvalue weighted by atomic mass is 15.3. The van der Waals surface area contributed by atoms with Gasteiger partial charge in [-0.25, -0.2) is 0 Å². The molecule has 2 unspecified atom stereocenters. The zero-order chi connectivity index (χ0) is 10.8. The zero-order valence-electron chi connectivity index (χ0n) is 10.0. The smallest absolute Gasteiger partial charge is 0.0253 e. The number of hydrogen-bond donors (Lipinski definition) is 1. The predicted molar refractivity (Wildman–Crippen MR) is 62.5 cm³/mol. The van der Waals surface area contributed by atoms with Crippen molar-refractivity contribution < 1.29 is 0 Å². The molecule has 0 amide bonds. The minimum absolute atomic E-state index is 0.239. The second kappa shape index (κ2) is 4.45. The van der Waals surface area contributed by atoms with Gasteiger partial charge in [0.05, 0.1) is 0 Å². The minimum atomic E-state index is 0.239. The first kappa shape index (κ1) is 11.7. The van der Waals surface area contributed by atoms with Crippen LogP contribution >= 0.6 is 0 Å². The van der Waals surface area contributed by atoms with Gasteiger partial charge in [-0.1, -0.05) is 13.0 Å². The van der Waals surface area contributed by atoms with Gasteiger partial charge >= 0.3 is 0 Å². The van der Waals surface area contributed by atoms with Gasteiger partial charge in [0, 0.05) is 30.7 Å². The third-order valence-corrected chi connectivity index (χ3v) is 3.20. The van der Waals surface area contributed by atoms with Gasteiger partial charge in [-0.2, -0.15) is 0 Å². The molecular weight excluding hydrogens is 172 g/mol. The van der Waals surface area contributed by atoms with Gasteiger partial charge in [0.15, 0.2) is 0 Å². The molecule has 1 heterocycles. The van der Waals surface area contributed by atoms with Crippen molar-refractivity contribution >= 4 is 0 Å². The third-order valence-electron chi connectivity index (χ3n) is 3.20. The highest BCUT2D eigenvalue weighted by molar-refractivity contribution is 4.97. The maximum absolute atomic E-state index is 3.89. The molecule has 1 fully saturated rings. The van der Waals surface area contributed by atoms with E-state index in [2.05, 4.69) is 44.5 Å². The molecule has 82 valence electrons. The van der Waals surface area contributed by atoms with E-state index in [1.165, 1.54) is 6.42 Å². The fourth-order valence-electron chi connectivity index (χ4n) is 2.14. The van der Waals surface area contributed by atoms with Gasteiger partial charge in [-0.15, -0.1) is 6.58 Å². The van der Waals surface area contributed by atoms with Gasteiger partial charge in [-0.3, -0.25) is 4.90 Å². The second-order valence-electron chi connectivity index (χ2n) is 4.98. The first-order valence-electron chi connectivity index (χ1n) is 5.63. The van der Waals surface area contributed by atoms with Gasteiger partial charge in [-0.05, 0) is 27.2 Å². The quantitative estimate of drug-likeness (QED) is 0.695. The Bertz CT molecular complexity index is 198. The van der Waals surface area contributed by atoms with E-state index in [0.29, 0.717) is 12.1 Å². The van der Waals surface area contributed by atoms with E-state index in [9.17, 15) is 0 Å². The Morgan fingerprint density at radius 2 is 2.29 bits per heavy atom. The first-order valence-corrected chi connectivity index (χ1v) is 5.63. The van der Waals surface area contributed by atoms with Crippen molar-refractivity contribution in [1.29, 1.82) is 0 Å². The van der Waals surface area contributed by atoms with Crippen LogP contribution in [0.1, 0.15) is 34.1 Å². The summed E-state index contributed by atoms with van der Waals surface area (Å²) in [6.07, 6.45) is 3.26. The largest absolute Gasteiger partial charge is 0.309 e. The van der Waals surface area contributed by atoms with Crippen molar-refractivity contribution in [2.24, 2.45) is 0 Å². The van der Waals surface area contributed by atoms with Gasteiger partial charge < -0.3 is 5.32 Å². The Hall–Kier alpha value is -0.340. The van der Waals surface area contributed by atoms with Crippen LogP contribution in [-0.4, -0.2) is 35.6 Å². The summed E-state index contributed by atoms with van der Waals surface area (Å²) in [5.41, 5.74) is 0.239. The molecule has 1 aliphatic heterocycles. The van der Waals surface area contributed by atoms with Crippen molar-refractivity contribution in [3.05, 3.63) is 12.7 Å². The standard InChI is InChI=1S/C12H24N2/c1-6-10(3)14-9-12(4,5)13-8-11(14)7-2/h6,10-11,13H,1,7-9H2,2-5H3. The molecule has 0 aliphatic carbocycles. The average molecular weight is 196 g/mol. The Morgan fingerprint density at radius 3 is 2.79 bits per heavy atom. The second-order valence-corrected chi connectivity index (χ2v) is 4.98. The normalized spacial score (nSPS) is 29.9. The lowest BCUT2D eigenvalue weighted by atomic mass is 9.96. The highest BCUT2D eigenvalue weighted by Gasteiger charge is 2.32. The summed E-state index contributed by atoms with van der Waals surface area (Å²) in [7, 11) is 0. The monoisotopic (exact) mass is 196 g/mol. The number of rotatable bonds is 3. The van der Waals surface area contributed by atoms with Gasteiger partial charge in [0.1, 0.15) is 0 Å². The summed E-state index contributed by atoms with van der Waals surface area (Å²) in [4.78, 5) is 2.56. The molecule has 2 atom stereocenters. The zero-order valence-corrected chi connectivity index (χ0v) is 10.0. The van der Waals surface area contributed by atoms with E-state index in [-0.39, 0.29) is 5.54 Å². The van der Waals surface area contributed by atoms with Crippen LogP contribution in [0.3, 0.4) is 0 Å². The summed E-state index contributed by atoms with van der Waals surface area (Å²) < 4.78 is 0. The van der Waals surface area contributed by atoms with E-state index < -0.39 is 0 Å². The highest BCUT2D eigenvalue weighted by Crippen LogP contribution is 2.19. The van der Waals surface area contributed by atoms with E-state index in [0.717, 1.165) is 13.1 Å². The molecule has 2 heteroatoms. The molecule has 1 rings (SSSR count). The van der Waals surface area contributed by atoms with E-state index >= 15 is 0 Å². The van der Waals surface area contributed by atoms with Gasteiger partial charge in [0.2, 0.25) is 0 Å². The molecule has 0 bridgehead atoms. The fraction of sp³-hybridized carbons (Fsp3) is 0.833. The van der Waals surface area contributed by atoms with Crippen LogP contribution in [0.4, 0.5) is 0 Å². The first-order chi connectivity index (χ1) is 6.50. The molecule has 1 aliphatic rings. The maximum atomic E-state index is 3.89. The molecule has 0 radical (unpaired) electrons. The number of hydrogen-bond acceptors (Lipinski definition) is 2. The van der Waals surface area contributed by atoms with Crippen molar-refractivity contribution in [3.8, 4) is 0 Å². The molecule has 0 aromatic heterocycles. The summed E-state index contributed by atoms with van der Waals surface area (Å²) in [6, 6.07) is 1.15. The van der Waals surface area contributed by atoms with Crippen LogP contribution in [0.5, 0.6) is 0 Å². The lowest BCUT2D eigenvalue weighted by Gasteiger charge is -2.46. The maximum Gasteiger partial charge on any atom is 0.0253 e. The van der Waals surface area contributed by atoms with Crippen molar-refractivity contribution in [2.45, 2.75) is 51.7 Å². The molecule has 1 N–H and O–H groups in total. The van der Waals surface area contributed by atoms with Crippen LogP contribution in [0, 0.1) is 0 Å². The molecule has 1 saturated heterocycles. The Morgan fingerprint density at radius 1 is 1.64 bits per heavy atom. The Kier molecular flexibility index (Phi) is 3.73. The van der Waals surface area contributed by atoms with E-state index in [1.807, 2.05) is 6.08 Å². The van der Waals surface area contributed by atoms with Crippen molar-refractivity contribution in [1.82, 2.24) is 10.2 Å². The summed E-state index contributed by atoms with van der Waals surface area (Å²) >= 11 is 0. The van der Waals surface area contributed by atoms with Crippen molar-refractivity contribution in [3.63, 3.8) is 0 Å². The predicted octanol–water partition coefficient (Wildman–Crippen LogP) is 2.02.